The molecule has 0 saturated carbocycles. The lowest BCUT2D eigenvalue weighted by Gasteiger charge is -2.10. The van der Waals surface area contributed by atoms with Crippen molar-refractivity contribution in [2.24, 2.45) is 0 Å². The molecule has 0 unspecified atom stereocenters. The van der Waals surface area contributed by atoms with Crippen LogP contribution in [0.5, 0.6) is 0 Å². The molecule has 0 N–H and O–H groups in total. The summed E-state index contributed by atoms with van der Waals surface area (Å²) in [4.78, 5) is 17.7. The minimum atomic E-state index is 0.0331. The number of aromatic nitrogens is 2. The Hall–Kier alpha value is -1.75. The second kappa shape index (κ2) is 6.61. The Bertz CT molecular complexity index is 575. The third-order valence-electron chi connectivity index (χ3n) is 2.99. The summed E-state index contributed by atoms with van der Waals surface area (Å²) in [6.45, 7) is 3.03. The first kappa shape index (κ1) is 14.7. The molecule has 1 amide bonds. The average Bonchev–Trinajstić information content (AvgIpc) is 2.92. The second-order valence-corrected chi connectivity index (χ2v) is 5.62. The quantitative estimate of drug-likeness (QED) is 0.794. The second-order valence-electron chi connectivity index (χ2n) is 4.68. The molecule has 0 aliphatic rings. The number of aryl methyl sites for hydroxylation is 1. The lowest BCUT2D eigenvalue weighted by molar-refractivity contribution is 0.0827. The van der Waals surface area contributed by atoms with Crippen LogP contribution in [0.3, 0.4) is 0 Å². The Morgan fingerprint density at radius 2 is 2.00 bits per heavy atom. The van der Waals surface area contributed by atoms with Crippen molar-refractivity contribution in [1.29, 1.82) is 0 Å². The number of amides is 1. The van der Waals surface area contributed by atoms with Crippen molar-refractivity contribution in [3.8, 4) is 0 Å². The number of benzene rings is 1. The number of hydrogen-bond donors (Lipinski definition) is 0. The van der Waals surface area contributed by atoms with Crippen molar-refractivity contribution in [2.45, 2.75) is 24.4 Å². The monoisotopic (exact) mass is 289 g/mol. The van der Waals surface area contributed by atoms with Gasteiger partial charge in [-0.05, 0) is 24.6 Å². The van der Waals surface area contributed by atoms with Gasteiger partial charge < -0.3 is 9.47 Å². The molecule has 0 spiro atoms. The highest BCUT2D eigenvalue weighted by atomic mass is 32.2. The highest BCUT2D eigenvalue weighted by Crippen LogP contribution is 2.21. The van der Waals surface area contributed by atoms with Crippen molar-refractivity contribution < 1.29 is 4.79 Å². The van der Waals surface area contributed by atoms with Gasteiger partial charge in [0.1, 0.15) is 0 Å². The predicted octanol–water partition coefficient (Wildman–Crippen LogP) is 2.90. The van der Waals surface area contributed by atoms with E-state index in [1.807, 2.05) is 36.7 Å². The van der Waals surface area contributed by atoms with Gasteiger partial charge in [-0.2, -0.15) is 0 Å². The standard InChI is InChI=1S/C15H19N3OS/c1-4-18-10-9-16-15(18)20-11-12-5-7-13(8-6-12)14(19)17(2)3/h5-10H,4,11H2,1-3H3. The van der Waals surface area contributed by atoms with Crippen molar-refractivity contribution in [1.82, 2.24) is 14.5 Å². The number of hydrogen-bond acceptors (Lipinski definition) is 3. The van der Waals surface area contributed by atoms with Crippen molar-refractivity contribution in [3.63, 3.8) is 0 Å². The molecule has 2 aromatic rings. The number of imidazole rings is 1. The summed E-state index contributed by atoms with van der Waals surface area (Å²) >= 11 is 1.71. The van der Waals surface area contributed by atoms with Crippen molar-refractivity contribution in [3.05, 3.63) is 47.8 Å². The maximum absolute atomic E-state index is 11.8. The molecule has 20 heavy (non-hydrogen) atoms. The van der Waals surface area contributed by atoms with E-state index in [4.69, 9.17) is 0 Å². The first-order valence-electron chi connectivity index (χ1n) is 6.56. The van der Waals surface area contributed by atoms with Gasteiger partial charge in [-0.15, -0.1) is 0 Å². The Kier molecular flexibility index (Phi) is 4.84. The lowest BCUT2D eigenvalue weighted by Crippen LogP contribution is -2.21. The van der Waals surface area contributed by atoms with Crippen molar-refractivity contribution >= 4 is 17.7 Å². The van der Waals surface area contributed by atoms with Gasteiger partial charge in [-0.1, -0.05) is 23.9 Å². The molecular formula is C15H19N3OS. The topological polar surface area (TPSA) is 38.1 Å². The van der Waals surface area contributed by atoms with E-state index in [1.54, 1.807) is 30.8 Å². The molecule has 1 heterocycles. The third kappa shape index (κ3) is 3.42. The number of thioether (sulfide) groups is 1. The molecule has 0 fully saturated rings. The average molecular weight is 289 g/mol. The van der Waals surface area contributed by atoms with Gasteiger partial charge in [-0.25, -0.2) is 4.98 Å². The van der Waals surface area contributed by atoms with Crippen LogP contribution < -0.4 is 0 Å². The Morgan fingerprint density at radius 3 is 2.60 bits per heavy atom. The van der Waals surface area contributed by atoms with Crippen LogP contribution in [0.4, 0.5) is 0 Å². The van der Waals surface area contributed by atoms with Crippen molar-refractivity contribution in [2.75, 3.05) is 14.1 Å². The summed E-state index contributed by atoms with van der Waals surface area (Å²) in [6.07, 6.45) is 3.81. The molecule has 0 bridgehead atoms. The number of carbonyl (C=O) groups is 1. The van der Waals surface area contributed by atoms with Crippen LogP contribution in [-0.2, 0) is 12.3 Å². The molecule has 0 saturated heterocycles. The summed E-state index contributed by atoms with van der Waals surface area (Å²) in [5.74, 6) is 0.888. The highest BCUT2D eigenvalue weighted by Gasteiger charge is 2.08. The van der Waals surface area contributed by atoms with Crippen LogP contribution in [0.2, 0.25) is 0 Å². The van der Waals surface area contributed by atoms with Gasteiger partial charge in [0.15, 0.2) is 5.16 Å². The van der Waals surface area contributed by atoms with Crippen LogP contribution >= 0.6 is 11.8 Å². The Morgan fingerprint density at radius 1 is 1.30 bits per heavy atom. The summed E-state index contributed by atoms with van der Waals surface area (Å²) in [7, 11) is 3.52. The summed E-state index contributed by atoms with van der Waals surface area (Å²) in [5, 5.41) is 1.03. The third-order valence-corrected chi connectivity index (χ3v) is 4.07. The highest BCUT2D eigenvalue weighted by molar-refractivity contribution is 7.98. The molecule has 5 heteroatoms. The van der Waals surface area contributed by atoms with Gasteiger partial charge in [0.05, 0.1) is 0 Å². The molecule has 2 rings (SSSR count). The van der Waals surface area contributed by atoms with E-state index in [0.717, 1.165) is 23.0 Å². The van der Waals surface area contributed by atoms with Gasteiger partial charge in [0.2, 0.25) is 0 Å². The normalized spacial score (nSPS) is 10.6. The SMILES string of the molecule is CCn1ccnc1SCc1ccc(C(=O)N(C)C)cc1. The Labute approximate surface area is 123 Å². The van der Waals surface area contributed by atoms with Crippen LogP contribution in [0.1, 0.15) is 22.8 Å². The fraction of sp³-hybridized carbons (Fsp3) is 0.333. The minimum Gasteiger partial charge on any atom is -0.345 e. The predicted molar refractivity (Wildman–Crippen MR) is 81.9 cm³/mol. The zero-order chi connectivity index (χ0) is 14.5. The van der Waals surface area contributed by atoms with E-state index >= 15 is 0 Å². The first-order chi connectivity index (χ1) is 9.61. The van der Waals surface area contributed by atoms with E-state index in [9.17, 15) is 4.79 Å². The number of nitrogens with zero attached hydrogens (tertiary/aromatic N) is 3. The maximum Gasteiger partial charge on any atom is 0.253 e. The maximum atomic E-state index is 11.8. The smallest absolute Gasteiger partial charge is 0.253 e. The molecule has 1 aromatic carbocycles. The minimum absolute atomic E-state index is 0.0331. The molecule has 4 nitrogen and oxygen atoms in total. The molecular weight excluding hydrogens is 270 g/mol. The van der Waals surface area contributed by atoms with Gasteiger partial charge in [0.25, 0.3) is 5.91 Å². The Balaban J connectivity index is 1.99. The van der Waals surface area contributed by atoms with E-state index in [-0.39, 0.29) is 5.91 Å². The lowest BCUT2D eigenvalue weighted by atomic mass is 10.1. The van der Waals surface area contributed by atoms with Crippen LogP contribution in [-0.4, -0.2) is 34.5 Å². The fourth-order valence-corrected chi connectivity index (χ4v) is 2.81. The van der Waals surface area contributed by atoms with E-state index in [1.165, 1.54) is 5.56 Å². The molecule has 106 valence electrons. The molecule has 1 aromatic heterocycles. The summed E-state index contributed by atoms with van der Waals surface area (Å²) in [5.41, 5.74) is 1.91. The molecule has 0 aliphatic heterocycles. The molecule has 0 atom stereocenters. The van der Waals surface area contributed by atoms with Gasteiger partial charge in [-0.3, -0.25) is 4.79 Å². The largest absolute Gasteiger partial charge is 0.345 e. The summed E-state index contributed by atoms with van der Waals surface area (Å²) < 4.78 is 2.12. The number of carbonyl (C=O) groups excluding carboxylic acids is 1. The van der Waals surface area contributed by atoms with Gasteiger partial charge in [0, 0.05) is 44.4 Å². The van der Waals surface area contributed by atoms with E-state index in [2.05, 4.69) is 16.5 Å². The molecule has 0 radical (unpaired) electrons. The zero-order valence-corrected chi connectivity index (χ0v) is 12.9. The number of rotatable bonds is 5. The van der Waals surface area contributed by atoms with E-state index in [0.29, 0.717) is 0 Å². The zero-order valence-electron chi connectivity index (χ0n) is 12.0. The molecule has 0 aliphatic carbocycles. The van der Waals surface area contributed by atoms with Crippen LogP contribution in [0.15, 0.2) is 41.8 Å². The summed E-state index contributed by atoms with van der Waals surface area (Å²) in [6, 6.07) is 7.76. The van der Waals surface area contributed by atoms with Crippen LogP contribution in [0.25, 0.3) is 0 Å². The fourth-order valence-electron chi connectivity index (χ4n) is 1.83. The van der Waals surface area contributed by atoms with Crippen LogP contribution in [0, 0.1) is 0 Å². The first-order valence-corrected chi connectivity index (χ1v) is 7.55. The van der Waals surface area contributed by atoms with E-state index < -0.39 is 0 Å². The van der Waals surface area contributed by atoms with Gasteiger partial charge >= 0.3 is 0 Å².